The highest BCUT2D eigenvalue weighted by Gasteiger charge is 2.21. The normalized spacial score (nSPS) is 18.9. The molecule has 0 spiro atoms. The van der Waals surface area contributed by atoms with Crippen LogP contribution in [0.2, 0.25) is 5.02 Å². The standard InChI is InChI=1S/C13H15ClFNO2/c1-16(7-9-4-5-18-8-9)13(17)10-2-3-12(15)11(14)6-10/h2-3,6,9H,4-5,7-8H2,1H3. The smallest absolute Gasteiger partial charge is 0.253 e. The molecule has 1 aliphatic heterocycles. The van der Waals surface area contributed by atoms with E-state index in [1.54, 1.807) is 11.9 Å². The Balaban J connectivity index is 2.02. The van der Waals surface area contributed by atoms with Crippen LogP contribution in [-0.4, -0.2) is 37.6 Å². The first-order valence-electron chi connectivity index (χ1n) is 5.86. The Morgan fingerprint density at radius 3 is 3.00 bits per heavy atom. The summed E-state index contributed by atoms with van der Waals surface area (Å²) >= 11 is 5.67. The van der Waals surface area contributed by atoms with Gasteiger partial charge in [-0.15, -0.1) is 0 Å². The number of hydrogen-bond acceptors (Lipinski definition) is 2. The van der Waals surface area contributed by atoms with Crippen molar-refractivity contribution in [2.24, 2.45) is 5.92 Å². The number of ether oxygens (including phenoxy) is 1. The minimum absolute atomic E-state index is 0.0292. The fraction of sp³-hybridized carbons (Fsp3) is 0.462. The van der Waals surface area contributed by atoms with E-state index in [4.69, 9.17) is 16.3 Å². The molecule has 3 nitrogen and oxygen atoms in total. The molecule has 1 saturated heterocycles. The van der Waals surface area contributed by atoms with Crippen LogP contribution in [0.4, 0.5) is 4.39 Å². The molecule has 98 valence electrons. The van der Waals surface area contributed by atoms with E-state index >= 15 is 0 Å². The molecular formula is C13H15ClFNO2. The molecule has 1 aliphatic rings. The molecule has 1 aromatic rings. The van der Waals surface area contributed by atoms with Crippen molar-refractivity contribution < 1.29 is 13.9 Å². The van der Waals surface area contributed by atoms with E-state index in [0.717, 1.165) is 13.0 Å². The number of rotatable bonds is 3. The van der Waals surface area contributed by atoms with Crippen LogP contribution < -0.4 is 0 Å². The van der Waals surface area contributed by atoms with Crippen LogP contribution in [0.1, 0.15) is 16.8 Å². The van der Waals surface area contributed by atoms with E-state index < -0.39 is 5.82 Å². The monoisotopic (exact) mass is 271 g/mol. The van der Waals surface area contributed by atoms with E-state index in [1.165, 1.54) is 18.2 Å². The first kappa shape index (κ1) is 13.3. The molecule has 18 heavy (non-hydrogen) atoms. The fourth-order valence-electron chi connectivity index (χ4n) is 2.05. The van der Waals surface area contributed by atoms with Crippen LogP contribution >= 0.6 is 11.6 Å². The first-order chi connectivity index (χ1) is 8.58. The Morgan fingerprint density at radius 2 is 2.39 bits per heavy atom. The number of amides is 1. The number of carbonyl (C=O) groups excluding carboxylic acids is 1. The summed E-state index contributed by atoms with van der Waals surface area (Å²) in [6.45, 7) is 2.10. The summed E-state index contributed by atoms with van der Waals surface area (Å²) in [6, 6.07) is 4.02. The summed E-state index contributed by atoms with van der Waals surface area (Å²) in [7, 11) is 1.73. The summed E-state index contributed by atoms with van der Waals surface area (Å²) in [6.07, 6.45) is 0.974. The molecule has 1 heterocycles. The van der Waals surface area contributed by atoms with E-state index in [0.29, 0.717) is 24.6 Å². The van der Waals surface area contributed by atoms with Crippen LogP contribution in [0.5, 0.6) is 0 Å². The minimum Gasteiger partial charge on any atom is -0.381 e. The molecular weight excluding hydrogens is 257 g/mol. The van der Waals surface area contributed by atoms with Crippen molar-refractivity contribution in [3.63, 3.8) is 0 Å². The second-order valence-electron chi connectivity index (χ2n) is 4.54. The molecule has 0 aliphatic carbocycles. The molecule has 0 saturated carbocycles. The molecule has 5 heteroatoms. The summed E-state index contributed by atoms with van der Waals surface area (Å²) in [5, 5.41) is -0.0292. The van der Waals surface area contributed by atoms with Crippen molar-refractivity contribution >= 4 is 17.5 Å². The average Bonchev–Trinajstić information content (AvgIpc) is 2.84. The highest BCUT2D eigenvalue weighted by Crippen LogP contribution is 2.18. The summed E-state index contributed by atoms with van der Waals surface area (Å²) in [4.78, 5) is 13.7. The van der Waals surface area contributed by atoms with E-state index in [9.17, 15) is 9.18 Å². The van der Waals surface area contributed by atoms with Gasteiger partial charge < -0.3 is 9.64 Å². The predicted octanol–water partition coefficient (Wildman–Crippen LogP) is 2.59. The Labute approximate surface area is 110 Å². The summed E-state index contributed by atoms with van der Waals surface area (Å²) < 4.78 is 18.3. The van der Waals surface area contributed by atoms with Gasteiger partial charge in [0.15, 0.2) is 0 Å². The lowest BCUT2D eigenvalue weighted by atomic mass is 10.1. The highest BCUT2D eigenvalue weighted by molar-refractivity contribution is 6.31. The molecule has 1 fully saturated rings. The van der Waals surface area contributed by atoms with Gasteiger partial charge in [0, 0.05) is 31.7 Å². The van der Waals surface area contributed by atoms with Crippen LogP contribution in [0.3, 0.4) is 0 Å². The topological polar surface area (TPSA) is 29.5 Å². The zero-order valence-corrected chi connectivity index (χ0v) is 10.9. The zero-order valence-electron chi connectivity index (χ0n) is 10.2. The fourth-order valence-corrected chi connectivity index (χ4v) is 2.23. The molecule has 0 N–H and O–H groups in total. The summed E-state index contributed by atoms with van der Waals surface area (Å²) in [5.74, 6) is -0.279. The van der Waals surface area contributed by atoms with Gasteiger partial charge in [0.25, 0.3) is 5.91 Å². The molecule has 0 bridgehead atoms. The average molecular weight is 272 g/mol. The van der Waals surface area contributed by atoms with Gasteiger partial charge in [-0.3, -0.25) is 4.79 Å². The second kappa shape index (κ2) is 5.67. The Kier molecular flexibility index (Phi) is 4.19. The van der Waals surface area contributed by atoms with Crippen molar-refractivity contribution in [2.45, 2.75) is 6.42 Å². The highest BCUT2D eigenvalue weighted by atomic mass is 35.5. The molecule has 1 atom stereocenters. The molecule has 1 amide bonds. The van der Waals surface area contributed by atoms with Crippen molar-refractivity contribution in [3.05, 3.63) is 34.6 Å². The Bertz CT molecular complexity index is 447. The molecule has 1 unspecified atom stereocenters. The Hall–Kier alpha value is -1.13. The van der Waals surface area contributed by atoms with Crippen LogP contribution in [-0.2, 0) is 4.74 Å². The number of halogens is 2. The van der Waals surface area contributed by atoms with Gasteiger partial charge in [-0.25, -0.2) is 4.39 Å². The number of hydrogen-bond donors (Lipinski definition) is 0. The molecule has 0 aromatic heterocycles. The van der Waals surface area contributed by atoms with Crippen molar-refractivity contribution in [1.82, 2.24) is 4.90 Å². The maximum atomic E-state index is 13.0. The largest absolute Gasteiger partial charge is 0.381 e. The van der Waals surface area contributed by atoms with Gasteiger partial charge in [0.05, 0.1) is 11.6 Å². The number of nitrogens with zero attached hydrogens (tertiary/aromatic N) is 1. The van der Waals surface area contributed by atoms with Gasteiger partial charge in [-0.2, -0.15) is 0 Å². The summed E-state index contributed by atoms with van der Waals surface area (Å²) in [5.41, 5.74) is 0.405. The van der Waals surface area contributed by atoms with Crippen molar-refractivity contribution in [2.75, 3.05) is 26.8 Å². The third-order valence-electron chi connectivity index (χ3n) is 3.07. The number of carbonyl (C=O) groups is 1. The van der Waals surface area contributed by atoms with Crippen molar-refractivity contribution in [1.29, 1.82) is 0 Å². The van der Waals surface area contributed by atoms with Gasteiger partial charge in [-0.05, 0) is 24.6 Å². The lowest BCUT2D eigenvalue weighted by Gasteiger charge is -2.20. The van der Waals surface area contributed by atoms with Gasteiger partial charge >= 0.3 is 0 Å². The van der Waals surface area contributed by atoms with Crippen LogP contribution in [0.25, 0.3) is 0 Å². The van der Waals surface area contributed by atoms with E-state index in [2.05, 4.69) is 0 Å². The molecule has 0 radical (unpaired) electrons. The first-order valence-corrected chi connectivity index (χ1v) is 6.24. The van der Waals surface area contributed by atoms with E-state index in [1.807, 2.05) is 0 Å². The third kappa shape index (κ3) is 3.00. The van der Waals surface area contributed by atoms with Gasteiger partial charge in [0.2, 0.25) is 0 Å². The number of benzene rings is 1. The third-order valence-corrected chi connectivity index (χ3v) is 3.36. The predicted molar refractivity (Wildman–Crippen MR) is 67.3 cm³/mol. The van der Waals surface area contributed by atoms with Gasteiger partial charge in [-0.1, -0.05) is 11.6 Å². The maximum absolute atomic E-state index is 13.0. The zero-order chi connectivity index (χ0) is 13.1. The lowest BCUT2D eigenvalue weighted by molar-refractivity contribution is 0.0766. The van der Waals surface area contributed by atoms with Gasteiger partial charge in [0.1, 0.15) is 5.82 Å². The lowest BCUT2D eigenvalue weighted by Crippen LogP contribution is -2.32. The second-order valence-corrected chi connectivity index (χ2v) is 4.95. The molecule has 2 rings (SSSR count). The SMILES string of the molecule is CN(CC1CCOC1)C(=O)c1ccc(F)c(Cl)c1. The van der Waals surface area contributed by atoms with Crippen molar-refractivity contribution in [3.8, 4) is 0 Å². The van der Waals surface area contributed by atoms with E-state index in [-0.39, 0.29) is 10.9 Å². The molecule has 1 aromatic carbocycles. The van der Waals surface area contributed by atoms with Crippen LogP contribution in [0.15, 0.2) is 18.2 Å². The Morgan fingerprint density at radius 1 is 1.61 bits per heavy atom. The van der Waals surface area contributed by atoms with Crippen LogP contribution in [0, 0.1) is 11.7 Å². The minimum atomic E-state index is -0.514. The maximum Gasteiger partial charge on any atom is 0.253 e. The quantitative estimate of drug-likeness (QED) is 0.846.